The van der Waals surface area contributed by atoms with Crippen LogP contribution in [0.1, 0.15) is 31.2 Å². The minimum atomic E-state index is -0.376. The van der Waals surface area contributed by atoms with E-state index in [2.05, 4.69) is 6.07 Å². The summed E-state index contributed by atoms with van der Waals surface area (Å²) >= 11 is 1.33. The molecule has 0 saturated carbocycles. The highest BCUT2D eigenvalue weighted by molar-refractivity contribution is 7.14. The number of rotatable bonds is 3. The van der Waals surface area contributed by atoms with Gasteiger partial charge in [0.1, 0.15) is 11.5 Å². The second-order valence-corrected chi connectivity index (χ2v) is 5.71. The lowest BCUT2D eigenvalue weighted by atomic mass is 10.1. The number of hydrogen-bond acceptors (Lipinski definition) is 5. The van der Waals surface area contributed by atoms with E-state index in [0.717, 1.165) is 16.0 Å². The van der Waals surface area contributed by atoms with Crippen LogP contribution in [0.25, 0.3) is 0 Å². The summed E-state index contributed by atoms with van der Waals surface area (Å²) in [6, 6.07) is 8.99. The zero-order valence-corrected chi connectivity index (χ0v) is 12.1. The average Bonchev–Trinajstić information content (AvgIpc) is 2.77. The van der Waals surface area contributed by atoms with Crippen LogP contribution in [0.4, 0.5) is 5.69 Å². The first kappa shape index (κ1) is 14.1. The minimum absolute atomic E-state index is 0.188. The number of carbonyl (C=O) groups is 1. The predicted molar refractivity (Wildman–Crippen MR) is 78.5 cm³/mol. The summed E-state index contributed by atoms with van der Waals surface area (Å²) in [4.78, 5) is 13.3. The maximum atomic E-state index is 11.9. The van der Waals surface area contributed by atoms with Gasteiger partial charge in [-0.05, 0) is 43.2 Å². The van der Waals surface area contributed by atoms with Gasteiger partial charge in [-0.1, -0.05) is 6.07 Å². The molecule has 20 heavy (non-hydrogen) atoms. The van der Waals surface area contributed by atoms with E-state index in [1.807, 2.05) is 13.8 Å². The third kappa shape index (κ3) is 2.98. The van der Waals surface area contributed by atoms with Gasteiger partial charge < -0.3 is 10.5 Å². The Hall–Kier alpha value is -2.32. The lowest BCUT2D eigenvalue weighted by Gasteiger charge is -2.07. The smallest absolute Gasteiger partial charge is 0.348 e. The van der Waals surface area contributed by atoms with Gasteiger partial charge >= 0.3 is 5.97 Å². The van der Waals surface area contributed by atoms with Gasteiger partial charge in [-0.25, -0.2) is 4.79 Å². The normalized spacial score (nSPS) is 10.1. The molecule has 5 heteroatoms. The fourth-order valence-corrected chi connectivity index (χ4v) is 2.57. The predicted octanol–water partition coefficient (Wildman–Crippen LogP) is 3.18. The number of esters is 1. The molecule has 0 fully saturated rings. The van der Waals surface area contributed by atoms with E-state index in [1.54, 1.807) is 24.3 Å². The fourth-order valence-electron chi connectivity index (χ4n) is 1.74. The number of hydrogen-bond donors (Lipinski definition) is 1. The Bertz CT molecular complexity index is 679. The van der Waals surface area contributed by atoms with Crippen LogP contribution in [0.3, 0.4) is 0 Å². The highest BCUT2D eigenvalue weighted by Crippen LogP contribution is 2.24. The van der Waals surface area contributed by atoms with Crippen LogP contribution in [0, 0.1) is 25.2 Å². The number of nitriles is 1. The molecule has 0 amide bonds. The number of anilines is 1. The van der Waals surface area contributed by atoms with E-state index in [0.29, 0.717) is 16.1 Å². The van der Waals surface area contributed by atoms with Crippen LogP contribution in [0.15, 0.2) is 24.3 Å². The molecule has 4 nitrogen and oxygen atoms in total. The van der Waals surface area contributed by atoms with Gasteiger partial charge in [-0.3, -0.25) is 0 Å². The van der Waals surface area contributed by atoms with E-state index in [-0.39, 0.29) is 12.6 Å². The molecule has 0 aliphatic carbocycles. The van der Waals surface area contributed by atoms with Crippen molar-refractivity contribution in [3.05, 3.63) is 50.7 Å². The number of benzene rings is 1. The summed E-state index contributed by atoms with van der Waals surface area (Å²) < 4.78 is 5.27. The molecule has 2 N–H and O–H groups in total. The van der Waals surface area contributed by atoms with Crippen LogP contribution >= 0.6 is 11.3 Å². The molecule has 1 aromatic heterocycles. The van der Waals surface area contributed by atoms with E-state index < -0.39 is 0 Å². The lowest BCUT2D eigenvalue weighted by molar-refractivity contribution is 0.0478. The van der Waals surface area contributed by atoms with Crippen LogP contribution < -0.4 is 5.73 Å². The largest absolute Gasteiger partial charge is 0.457 e. The highest BCUT2D eigenvalue weighted by Gasteiger charge is 2.13. The topological polar surface area (TPSA) is 76.1 Å². The van der Waals surface area contributed by atoms with Crippen LogP contribution in [0.2, 0.25) is 0 Å². The Kier molecular flexibility index (Phi) is 4.06. The third-order valence-corrected chi connectivity index (χ3v) is 4.03. The van der Waals surface area contributed by atoms with Crippen molar-refractivity contribution in [2.24, 2.45) is 0 Å². The van der Waals surface area contributed by atoms with Crippen molar-refractivity contribution in [2.75, 3.05) is 5.73 Å². The number of aryl methyl sites for hydroxylation is 2. The van der Waals surface area contributed by atoms with Gasteiger partial charge in [0.25, 0.3) is 0 Å². The number of nitrogen functional groups attached to an aromatic ring is 1. The number of nitrogens with two attached hydrogens (primary N) is 1. The fraction of sp³-hybridized carbons (Fsp3) is 0.200. The van der Waals surface area contributed by atoms with Gasteiger partial charge in [-0.2, -0.15) is 5.26 Å². The first-order chi connectivity index (χ1) is 9.51. The number of thiophene rings is 1. The van der Waals surface area contributed by atoms with Gasteiger partial charge in [0.05, 0.1) is 11.6 Å². The number of nitrogens with zero attached hydrogens (tertiary/aromatic N) is 1. The van der Waals surface area contributed by atoms with Crippen molar-refractivity contribution in [2.45, 2.75) is 20.5 Å². The Morgan fingerprint density at radius 2 is 2.15 bits per heavy atom. The molecule has 0 atom stereocenters. The average molecular weight is 286 g/mol. The van der Waals surface area contributed by atoms with E-state index in [9.17, 15) is 4.79 Å². The minimum Gasteiger partial charge on any atom is -0.457 e. The second kappa shape index (κ2) is 5.76. The molecule has 0 saturated heterocycles. The van der Waals surface area contributed by atoms with Crippen molar-refractivity contribution in [3.8, 4) is 6.07 Å². The highest BCUT2D eigenvalue weighted by atomic mass is 32.1. The van der Waals surface area contributed by atoms with Crippen LogP contribution in [-0.4, -0.2) is 5.97 Å². The van der Waals surface area contributed by atoms with Crippen molar-refractivity contribution in [3.63, 3.8) is 0 Å². The van der Waals surface area contributed by atoms with E-state index >= 15 is 0 Å². The summed E-state index contributed by atoms with van der Waals surface area (Å²) in [5, 5.41) is 8.80. The zero-order chi connectivity index (χ0) is 14.7. The Morgan fingerprint density at radius 3 is 2.70 bits per heavy atom. The monoisotopic (exact) mass is 286 g/mol. The molecule has 102 valence electrons. The molecule has 0 bridgehead atoms. The molecule has 2 rings (SSSR count). The first-order valence-corrected chi connectivity index (χ1v) is 6.85. The molecule has 0 spiro atoms. The number of carbonyl (C=O) groups excluding carboxylic acids is 1. The summed E-state index contributed by atoms with van der Waals surface area (Å²) in [5.41, 5.74) is 8.74. The van der Waals surface area contributed by atoms with Gasteiger partial charge in [0.15, 0.2) is 0 Å². The zero-order valence-electron chi connectivity index (χ0n) is 11.3. The summed E-state index contributed by atoms with van der Waals surface area (Å²) in [7, 11) is 0. The molecule has 2 aromatic rings. The quantitative estimate of drug-likeness (QED) is 0.879. The van der Waals surface area contributed by atoms with Crippen LogP contribution in [-0.2, 0) is 11.3 Å². The van der Waals surface area contributed by atoms with Gasteiger partial charge in [0, 0.05) is 10.6 Å². The SMILES string of the molecule is Cc1cc(C#N)ccc1COC(=O)c1cc(N)c(C)s1. The summed E-state index contributed by atoms with van der Waals surface area (Å²) in [6.45, 7) is 3.94. The standard InChI is InChI=1S/C15H14N2O2S/c1-9-5-11(7-16)3-4-12(9)8-19-15(18)14-6-13(17)10(2)20-14/h3-6H,8,17H2,1-2H3. The molecule has 1 heterocycles. The molecule has 0 aliphatic rings. The van der Waals surface area contributed by atoms with Crippen molar-refractivity contribution >= 4 is 23.0 Å². The van der Waals surface area contributed by atoms with E-state index in [1.165, 1.54) is 11.3 Å². The van der Waals surface area contributed by atoms with Gasteiger partial charge in [-0.15, -0.1) is 11.3 Å². The molecule has 0 radical (unpaired) electrons. The molecular formula is C15H14N2O2S. The Morgan fingerprint density at radius 1 is 1.40 bits per heavy atom. The third-order valence-electron chi connectivity index (χ3n) is 2.99. The molecular weight excluding hydrogens is 272 g/mol. The number of ether oxygens (including phenoxy) is 1. The van der Waals surface area contributed by atoms with Crippen LogP contribution in [0.5, 0.6) is 0 Å². The maximum Gasteiger partial charge on any atom is 0.348 e. The second-order valence-electron chi connectivity index (χ2n) is 4.45. The Labute approximate surface area is 121 Å². The van der Waals surface area contributed by atoms with E-state index in [4.69, 9.17) is 15.7 Å². The van der Waals surface area contributed by atoms with Crippen molar-refractivity contribution < 1.29 is 9.53 Å². The lowest BCUT2D eigenvalue weighted by Crippen LogP contribution is -2.04. The van der Waals surface area contributed by atoms with Gasteiger partial charge in [0.2, 0.25) is 0 Å². The molecule has 1 aromatic carbocycles. The molecule has 0 unspecified atom stereocenters. The summed E-state index contributed by atoms with van der Waals surface area (Å²) in [5.74, 6) is -0.376. The Balaban J connectivity index is 2.05. The summed E-state index contributed by atoms with van der Waals surface area (Å²) in [6.07, 6.45) is 0. The first-order valence-electron chi connectivity index (χ1n) is 6.04. The maximum absolute atomic E-state index is 11.9. The van der Waals surface area contributed by atoms with Crippen molar-refractivity contribution in [1.29, 1.82) is 5.26 Å². The molecule has 0 aliphatic heterocycles. The van der Waals surface area contributed by atoms with Crippen molar-refractivity contribution in [1.82, 2.24) is 0 Å².